The predicted molar refractivity (Wildman–Crippen MR) is 72.6 cm³/mol. The molecule has 104 valence electrons. The number of amides is 1. The summed E-state index contributed by atoms with van der Waals surface area (Å²) >= 11 is 0. The number of morpholine rings is 1. The van der Waals surface area contributed by atoms with Gasteiger partial charge in [-0.2, -0.15) is 0 Å². The molecule has 0 aliphatic carbocycles. The van der Waals surface area contributed by atoms with Crippen molar-refractivity contribution < 1.29 is 14.3 Å². The number of carbonyl (C=O) groups excluding carboxylic acids is 1. The van der Waals surface area contributed by atoms with E-state index in [-0.39, 0.29) is 5.91 Å². The van der Waals surface area contributed by atoms with E-state index < -0.39 is 0 Å². The molecule has 1 aliphatic heterocycles. The average Bonchev–Trinajstić information content (AvgIpc) is 2.48. The van der Waals surface area contributed by atoms with Crippen LogP contribution < -0.4 is 10.1 Å². The molecular formula is C14H20N2O3. The summed E-state index contributed by atoms with van der Waals surface area (Å²) in [4.78, 5) is 13.7. The minimum absolute atomic E-state index is 0.0835. The van der Waals surface area contributed by atoms with Crippen LogP contribution in [0.25, 0.3) is 0 Å². The van der Waals surface area contributed by atoms with Gasteiger partial charge in [-0.15, -0.1) is 0 Å². The lowest BCUT2D eigenvalue weighted by Crippen LogP contribution is -2.38. The number of ether oxygens (including phenoxy) is 2. The zero-order valence-electron chi connectivity index (χ0n) is 11.2. The number of benzene rings is 1. The first-order valence-electron chi connectivity index (χ1n) is 6.54. The van der Waals surface area contributed by atoms with Crippen molar-refractivity contribution in [3.8, 4) is 5.75 Å². The van der Waals surface area contributed by atoms with Crippen molar-refractivity contribution >= 4 is 5.91 Å². The Labute approximate surface area is 113 Å². The fraction of sp³-hybridized carbons (Fsp3) is 0.500. The highest BCUT2D eigenvalue weighted by Gasteiger charge is 2.09. The Kier molecular flexibility index (Phi) is 5.18. The van der Waals surface area contributed by atoms with Crippen LogP contribution in [-0.4, -0.2) is 57.3 Å². The van der Waals surface area contributed by atoms with Gasteiger partial charge >= 0.3 is 0 Å². The molecule has 0 radical (unpaired) electrons. The summed E-state index contributed by atoms with van der Waals surface area (Å²) in [6.07, 6.45) is 0. The molecule has 1 N–H and O–H groups in total. The lowest BCUT2D eigenvalue weighted by Gasteiger charge is -2.26. The van der Waals surface area contributed by atoms with E-state index in [9.17, 15) is 4.79 Å². The summed E-state index contributed by atoms with van der Waals surface area (Å²) in [7, 11) is 1.62. The SMILES string of the molecule is CNC(=O)c1ccc(OCCN2CCOCC2)cc1. The van der Waals surface area contributed by atoms with E-state index in [1.807, 2.05) is 12.1 Å². The van der Waals surface area contributed by atoms with Crippen LogP contribution in [0, 0.1) is 0 Å². The first kappa shape index (κ1) is 13.8. The van der Waals surface area contributed by atoms with Crippen molar-refractivity contribution in [1.29, 1.82) is 0 Å². The van der Waals surface area contributed by atoms with Gasteiger partial charge in [0.15, 0.2) is 0 Å². The Morgan fingerprint density at radius 1 is 1.32 bits per heavy atom. The number of rotatable bonds is 5. The molecular weight excluding hydrogens is 244 g/mol. The first-order chi connectivity index (χ1) is 9.29. The second-order valence-electron chi connectivity index (χ2n) is 4.41. The highest BCUT2D eigenvalue weighted by Crippen LogP contribution is 2.12. The standard InChI is InChI=1S/C14H20N2O3/c1-15-14(17)12-2-4-13(5-3-12)19-11-8-16-6-9-18-10-7-16/h2-5H,6-11H2,1H3,(H,15,17). The van der Waals surface area contributed by atoms with E-state index in [1.165, 1.54) is 0 Å². The maximum absolute atomic E-state index is 11.4. The fourth-order valence-electron chi connectivity index (χ4n) is 1.96. The third-order valence-corrected chi connectivity index (χ3v) is 3.12. The van der Waals surface area contributed by atoms with Gasteiger partial charge in [0.05, 0.1) is 13.2 Å². The summed E-state index contributed by atoms with van der Waals surface area (Å²) in [6, 6.07) is 7.18. The maximum atomic E-state index is 11.4. The summed E-state index contributed by atoms with van der Waals surface area (Å²) < 4.78 is 11.0. The van der Waals surface area contributed by atoms with E-state index in [0.29, 0.717) is 12.2 Å². The fourth-order valence-corrected chi connectivity index (χ4v) is 1.96. The van der Waals surface area contributed by atoms with Crippen LogP contribution in [0.5, 0.6) is 5.75 Å². The van der Waals surface area contributed by atoms with E-state index in [2.05, 4.69) is 10.2 Å². The maximum Gasteiger partial charge on any atom is 0.251 e. The molecule has 0 unspecified atom stereocenters. The van der Waals surface area contributed by atoms with E-state index in [4.69, 9.17) is 9.47 Å². The molecule has 1 aliphatic rings. The van der Waals surface area contributed by atoms with Crippen molar-refractivity contribution in [1.82, 2.24) is 10.2 Å². The Morgan fingerprint density at radius 3 is 2.63 bits per heavy atom. The Morgan fingerprint density at radius 2 is 2.00 bits per heavy atom. The molecule has 0 spiro atoms. The quantitative estimate of drug-likeness (QED) is 0.853. The molecule has 0 atom stereocenters. The number of hydrogen-bond acceptors (Lipinski definition) is 4. The van der Waals surface area contributed by atoms with Crippen molar-refractivity contribution in [2.24, 2.45) is 0 Å². The normalized spacial score (nSPS) is 16.1. The Balaban J connectivity index is 1.75. The molecule has 1 saturated heterocycles. The van der Waals surface area contributed by atoms with Gasteiger partial charge in [-0.25, -0.2) is 0 Å². The molecule has 0 bridgehead atoms. The van der Waals surface area contributed by atoms with Gasteiger partial charge in [0.2, 0.25) is 0 Å². The van der Waals surface area contributed by atoms with Crippen molar-refractivity contribution in [3.05, 3.63) is 29.8 Å². The van der Waals surface area contributed by atoms with E-state index >= 15 is 0 Å². The predicted octanol–water partition coefficient (Wildman–Crippen LogP) is 0.757. The smallest absolute Gasteiger partial charge is 0.251 e. The largest absolute Gasteiger partial charge is 0.492 e. The molecule has 1 aromatic rings. The van der Waals surface area contributed by atoms with Gasteiger partial charge in [-0.3, -0.25) is 9.69 Å². The minimum Gasteiger partial charge on any atom is -0.492 e. The van der Waals surface area contributed by atoms with E-state index in [1.54, 1.807) is 19.2 Å². The molecule has 1 aromatic carbocycles. The van der Waals surface area contributed by atoms with Crippen molar-refractivity contribution in [3.63, 3.8) is 0 Å². The lowest BCUT2D eigenvalue weighted by molar-refractivity contribution is 0.0322. The molecule has 1 fully saturated rings. The number of carbonyl (C=O) groups is 1. The van der Waals surface area contributed by atoms with Crippen LogP contribution in [0.4, 0.5) is 0 Å². The van der Waals surface area contributed by atoms with Gasteiger partial charge in [-0.05, 0) is 24.3 Å². The number of nitrogens with one attached hydrogen (secondary N) is 1. The van der Waals surface area contributed by atoms with Gasteiger partial charge in [0.25, 0.3) is 5.91 Å². The first-order valence-corrected chi connectivity index (χ1v) is 6.54. The average molecular weight is 264 g/mol. The molecule has 0 aromatic heterocycles. The van der Waals surface area contributed by atoms with Gasteiger partial charge in [0.1, 0.15) is 12.4 Å². The number of hydrogen-bond donors (Lipinski definition) is 1. The number of nitrogens with zero attached hydrogens (tertiary/aromatic N) is 1. The van der Waals surface area contributed by atoms with Crippen molar-refractivity contribution in [2.45, 2.75) is 0 Å². The summed E-state index contributed by atoms with van der Waals surface area (Å²) in [5, 5.41) is 2.59. The summed E-state index contributed by atoms with van der Waals surface area (Å²) in [5.41, 5.74) is 0.642. The molecule has 5 heteroatoms. The molecule has 1 heterocycles. The van der Waals surface area contributed by atoms with Gasteiger partial charge in [-0.1, -0.05) is 0 Å². The Hall–Kier alpha value is -1.59. The van der Waals surface area contributed by atoms with Crippen LogP contribution >= 0.6 is 0 Å². The third-order valence-electron chi connectivity index (χ3n) is 3.12. The van der Waals surface area contributed by atoms with Gasteiger partial charge < -0.3 is 14.8 Å². The van der Waals surface area contributed by atoms with Crippen LogP contribution in [0.2, 0.25) is 0 Å². The highest BCUT2D eigenvalue weighted by atomic mass is 16.5. The third kappa shape index (κ3) is 4.22. The molecule has 2 rings (SSSR count). The van der Waals surface area contributed by atoms with Gasteiger partial charge in [0, 0.05) is 32.2 Å². The zero-order valence-corrected chi connectivity index (χ0v) is 11.2. The summed E-state index contributed by atoms with van der Waals surface area (Å²) in [5.74, 6) is 0.709. The molecule has 5 nitrogen and oxygen atoms in total. The van der Waals surface area contributed by atoms with Crippen LogP contribution in [0.3, 0.4) is 0 Å². The second-order valence-corrected chi connectivity index (χ2v) is 4.41. The van der Waals surface area contributed by atoms with E-state index in [0.717, 1.165) is 38.6 Å². The second kappa shape index (κ2) is 7.11. The molecule has 1 amide bonds. The topological polar surface area (TPSA) is 50.8 Å². The van der Waals surface area contributed by atoms with Crippen LogP contribution in [0.1, 0.15) is 10.4 Å². The zero-order chi connectivity index (χ0) is 13.5. The van der Waals surface area contributed by atoms with Crippen LogP contribution in [0.15, 0.2) is 24.3 Å². The lowest BCUT2D eigenvalue weighted by atomic mass is 10.2. The Bertz CT molecular complexity index is 400. The molecule has 19 heavy (non-hydrogen) atoms. The minimum atomic E-state index is -0.0835. The summed E-state index contributed by atoms with van der Waals surface area (Å²) in [6.45, 7) is 5.11. The molecule has 0 saturated carbocycles. The van der Waals surface area contributed by atoms with Crippen molar-refractivity contribution in [2.75, 3.05) is 46.5 Å². The highest BCUT2D eigenvalue weighted by molar-refractivity contribution is 5.94. The van der Waals surface area contributed by atoms with Crippen LogP contribution in [-0.2, 0) is 4.74 Å². The monoisotopic (exact) mass is 264 g/mol.